The van der Waals surface area contributed by atoms with E-state index in [1.807, 2.05) is 6.07 Å². The van der Waals surface area contributed by atoms with Crippen LogP contribution in [0, 0.1) is 6.92 Å². The molecule has 0 amide bonds. The van der Waals surface area contributed by atoms with Crippen molar-refractivity contribution in [2.45, 2.75) is 6.36 Å². The molecule has 2 rings (SSSR count). The highest BCUT2D eigenvalue weighted by Crippen LogP contribution is 2.28. The molecule has 1 nitrogen and oxygen atoms in total. The average molecular weight is 251 g/mol. The van der Waals surface area contributed by atoms with Gasteiger partial charge in [-0.1, -0.05) is 36.4 Å². The number of rotatable bonds is 2. The van der Waals surface area contributed by atoms with Crippen molar-refractivity contribution in [1.29, 1.82) is 0 Å². The molecule has 4 heteroatoms. The van der Waals surface area contributed by atoms with Crippen LogP contribution in [0.4, 0.5) is 13.2 Å². The number of hydrogen-bond donors (Lipinski definition) is 0. The van der Waals surface area contributed by atoms with Crippen molar-refractivity contribution >= 4 is 0 Å². The van der Waals surface area contributed by atoms with Crippen molar-refractivity contribution < 1.29 is 17.9 Å². The first-order valence-electron chi connectivity index (χ1n) is 5.22. The summed E-state index contributed by atoms with van der Waals surface area (Å²) in [5.74, 6) is -0.227. The van der Waals surface area contributed by atoms with Gasteiger partial charge in [-0.2, -0.15) is 0 Å². The molecule has 93 valence electrons. The van der Waals surface area contributed by atoms with Crippen LogP contribution in [0.3, 0.4) is 0 Å². The normalized spacial score (nSPS) is 11.3. The maximum Gasteiger partial charge on any atom is 0.573 e. The van der Waals surface area contributed by atoms with Gasteiger partial charge in [-0.25, -0.2) is 0 Å². The summed E-state index contributed by atoms with van der Waals surface area (Å²) < 4.78 is 40.2. The van der Waals surface area contributed by atoms with Gasteiger partial charge < -0.3 is 4.74 Å². The predicted molar refractivity (Wildman–Crippen MR) is 63.0 cm³/mol. The van der Waals surface area contributed by atoms with Gasteiger partial charge in [-0.05, 0) is 35.7 Å². The van der Waals surface area contributed by atoms with Gasteiger partial charge in [0, 0.05) is 0 Å². The first-order valence-corrected chi connectivity index (χ1v) is 5.22. The monoisotopic (exact) mass is 251 g/mol. The minimum Gasteiger partial charge on any atom is -0.406 e. The molecule has 0 saturated heterocycles. The molecule has 0 aliphatic carbocycles. The fraction of sp³-hybridized carbons (Fsp3) is 0.0714. The molecule has 1 radical (unpaired) electrons. The van der Waals surface area contributed by atoms with Gasteiger partial charge in [-0.3, -0.25) is 0 Å². The third kappa shape index (κ3) is 3.26. The van der Waals surface area contributed by atoms with E-state index in [9.17, 15) is 13.2 Å². The van der Waals surface area contributed by atoms with Gasteiger partial charge in [0.05, 0.1) is 0 Å². The van der Waals surface area contributed by atoms with Crippen molar-refractivity contribution in [3.05, 3.63) is 61.0 Å². The smallest absolute Gasteiger partial charge is 0.406 e. The largest absolute Gasteiger partial charge is 0.573 e. The first-order chi connectivity index (χ1) is 8.44. The summed E-state index contributed by atoms with van der Waals surface area (Å²) in [6.45, 7) is 3.78. The highest BCUT2D eigenvalue weighted by Gasteiger charge is 2.31. The van der Waals surface area contributed by atoms with E-state index in [1.165, 1.54) is 18.2 Å². The van der Waals surface area contributed by atoms with E-state index in [0.29, 0.717) is 5.56 Å². The third-order valence-corrected chi connectivity index (χ3v) is 2.33. The molecule has 0 saturated carbocycles. The van der Waals surface area contributed by atoms with Crippen LogP contribution in [0.1, 0.15) is 5.56 Å². The van der Waals surface area contributed by atoms with Crippen LogP contribution in [0.15, 0.2) is 48.5 Å². The summed E-state index contributed by atoms with van der Waals surface area (Å²) in [6, 6.07) is 13.1. The number of alkyl halides is 3. The van der Waals surface area contributed by atoms with Gasteiger partial charge in [0.15, 0.2) is 0 Å². The summed E-state index contributed by atoms with van der Waals surface area (Å²) in [4.78, 5) is 0. The maximum atomic E-state index is 12.1. The van der Waals surface area contributed by atoms with Crippen molar-refractivity contribution in [3.63, 3.8) is 0 Å². The van der Waals surface area contributed by atoms with Gasteiger partial charge in [-0.15, -0.1) is 13.2 Å². The van der Waals surface area contributed by atoms with E-state index in [-0.39, 0.29) is 5.75 Å². The van der Waals surface area contributed by atoms with Crippen molar-refractivity contribution in [2.24, 2.45) is 0 Å². The van der Waals surface area contributed by atoms with Crippen molar-refractivity contribution in [2.75, 3.05) is 0 Å². The lowest BCUT2D eigenvalue weighted by Crippen LogP contribution is -2.17. The molecule has 0 N–H and O–H groups in total. The Morgan fingerprint density at radius 3 is 2.11 bits per heavy atom. The Labute approximate surface area is 103 Å². The molecule has 0 aromatic heterocycles. The average Bonchev–Trinajstić information content (AvgIpc) is 2.27. The van der Waals surface area contributed by atoms with Crippen LogP contribution in [0.2, 0.25) is 0 Å². The molecule has 0 fully saturated rings. The second-order valence-corrected chi connectivity index (χ2v) is 3.78. The van der Waals surface area contributed by atoms with E-state index in [0.717, 1.165) is 11.1 Å². The Bertz CT molecular complexity index is 547. The number of benzene rings is 2. The topological polar surface area (TPSA) is 9.23 Å². The molecule has 2 aromatic rings. The molecule has 0 aliphatic heterocycles. The van der Waals surface area contributed by atoms with Crippen LogP contribution < -0.4 is 4.74 Å². The zero-order valence-corrected chi connectivity index (χ0v) is 9.37. The van der Waals surface area contributed by atoms with E-state index in [2.05, 4.69) is 11.7 Å². The standard InChI is InChI=1S/C14H10F3O/c1-10-4-2-5-11(8-10)12-6-3-7-13(9-12)18-14(15,16)17/h2-9H,1H2. The van der Waals surface area contributed by atoms with E-state index in [1.54, 1.807) is 24.3 Å². The molecule has 0 aliphatic rings. The van der Waals surface area contributed by atoms with Crippen LogP contribution >= 0.6 is 0 Å². The lowest BCUT2D eigenvalue weighted by atomic mass is 10.0. The molecule has 18 heavy (non-hydrogen) atoms. The van der Waals surface area contributed by atoms with Crippen LogP contribution in [0.5, 0.6) is 5.75 Å². The third-order valence-electron chi connectivity index (χ3n) is 2.33. The van der Waals surface area contributed by atoms with Gasteiger partial charge in [0.2, 0.25) is 0 Å². The number of hydrogen-bond acceptors (Lipinski definition) is 1. The molecule has 0 unspecified atom stereocenters. The number of ether oxygens (including phenoxy) is 1. The predicted octanol–water partition coefficient (Wildman–Crippen LogP) is 4.43. The summed E-state index contributed by atoms with van der Waals surface area (Å²) in [7, 11) is 0. The van der Waals surface area contributed by atoms with Crippen LogP contribution in [-0.4, -0.2) is 6.36 Å². The molecule has 0 heterocycles. The van der Waals surface area contributed by atoms with Gasteiger partial charge in [0.1, 0.15) is 5.75 Å². The lowest BCUT2D eigenvalue weighted by molar-refractivity contribution is -0.274. The Hall–Kier alpha value is -1.97. The molecule has 0 bridgehead atoms. The van der Waals surface area contributed by atoms with Gasteiger partial charge >= 0.3 is 6.36 Å². The molecule has 2 aromatic carbocycles. The summed E-state index contributed by atoms with van der Waals surface area (Å²) in [5.41, 5.74) is 2.26. The Morgan fingerprint density at radius 1 is 0.889 bits per heavy atom. The first kappa shape index (κ1) is 12.5. The van der Waals surface area contributed by atoms with E-state index >= 15 is 0 Å². The van der Waals surface area contributed by atoms with Crippen LogP contribution in [0.25, 0.3) is 11.1 Å². The molecule has 0 spiro atoms. The SMILES string of the molecule is [CH2]c1cccc(-c2cccc(OC(F)(F)F)c2)c1. The molecular formula is C14H10F3O. The zero-order chi connectivity index (χ0) is 13.2. The minimum absolute atomic E-state index is 0.227. The maximum absolute atomic E-state index is 12.1. The van der Waals surface area contributed by atoms with Crippen molar-refractivity contribution in [3.8, 4) is 16.9 Å². The highest BCUT2D eigenvalue weighted by molar-refractivity contribution is 5.65. The Morgan fingerprint density at radius 2 is 1.50 bits per heavy atom. The Kier molecular flexibility index (Phi) is 3.28. The summed E-state index contributed by atoms with van der Waals surface area (Å²) in [6.07, 6.45) is -4.67. The Balaban J connectivity index is 2.33. The fourth-order valence-electron chi connectivity index (χ4n) is 1.62. The second-order valence-electron chi connectivity index (χ2n) is 3.78. The van der Waals surface area contributed by atoms with Crippen molar-refractivity contribution in [1.82, 2.24) is 0 Å². The number of halogens is 3. The summed E-state index contributed by atoms with van der Waals surface area (Å²) in [5, 5.41) is 0. The molecular weight excluding hydrogens is 241 g/mol. The highest BCUT2D eigenvalue weighted by atomic mass is 19.4. The van der Waals surface area contributed by atoms with E-state index < -0.39 is 6.36 Å². The van der Waals surface area contributed by atoms with E-state index in [4.69, 9.17) is 0 Å². The summed E-state index contributed by atoms with van der Waals surface area (Å²) >= 11 is 0. The fourth-order valence-corrected chi connectivity index (χ4v) is 1.62. The quantitative estimate of drug-likeness (QED) is 0.767. The van der Waals surface area contributed by atoms with Gasteiger partial charge in [0.25, 0.3) is 0 Å². The zero-order valence-electron chi connectivity index (χ0n) is 9.37. The lowest BCUT2D eigenvalue weighted by Gasteiger charge is -2.10. The molecule has 0 atom stereocenters. The van der Waals surface area contributed by atoms with Crippen LogP contribution in [-0.2, 0) is 0 Å². The second kappa shape index (κ2) is 4.72. The minimum atomic E-state index is -4.67.